The van der Waals surface area contributed by atoms with E-state index in [2.05, 4.69) is 15.4 Å². The Bertz CT molecular complexity index is 471. The molecule has 1 aromatic carbocycles. The van der Waals surface area contributed by atoms with Crippen LogP contribution in [0.2, 0.25) is 0 Å². The molecule has 116 valence electrons. The van der Waals surface area contributed by atoms with Crippen molar-refractivity contribution in [2.24, 2.45) is 0 Å². The molecule has 1 amide bonds. The lowest BCUT2D eigenvalue weighted by Gasteiger charge is -2.23. The van der Waals surface area contributed by atoms with Crippen LogP contribution in [0.3, 0.4) is 0 Å². The fourth-order valence-electron chi connectivity index (χ4n) is 2.44. The summed E-state index contributed by atoms with van der Waals surface area (Å²) >= 11 is 0. The largest absolute Gasteiger partial charge is 0.435 e. The summed E-state index contributed by atoms with van der Waals surface area (Å²) < 4.78 is 28.3. The van der Waals surface area contributed by atoms with Crippen LogP contribution in [0.15, 0.2) is 24.3 Å². The Morgan fingerprint density at radius 1 is 1.43 bits per heavy atom. The van der Waals surface area contributed by atoms with Gasteiger partial charge in [-0.1, -0.05) is 12.1 Å². The number of carbonyl (C=O) groups is 1. The third-order valence-electron chi connectivity index (χ3n) is 3.72. The van der Waals surface area contributed by atoms with Crippen LogP contribution >= 0.6 is 0 Å². The second-order valence-corrected chi connectivity index (χ2v) is 5.39. The molecule has 0 saturated carbocycles. The van der Waals surface area contributed by atoms with Crippen molar-refractivity contribution in [2.75, 3.05) is 13.1 Å². The van der Waals surface area contributed by atoms with Crippen molar-refractivity contribution < 1.29 is 18.3 Å². The molecule has 0 aliphatic carbocycles. The van der Waals surface area contributed by atoms with Gasteiger partial charge in [0.1, 0.15) is 5.75 Å². The van der Waals surface area contributed by atoms with Crippen LogP contribution in [-0.2, 0) is 11.2 Å². The van der Waals surface area contributed by atoms with E-state index in [1.165, 1.54) is 12.1 Å². The second kappa shape index (κ2) is 6.85. The SMILES string of the molecule is CC1(C(=O)NCCc2ccc(OC(F)F)cc2)CCCN1. The maximum Gasteiger partial charge on any atom is 0.387 e. The lowest BCUT2D eigenvalue weighted by molar-refractivity contribution is -0.126. The Morgan fingerprint density at radius 2 is 2.14 bits per heavy atom. The van der Waals surface area contributed by atoms with Gasteiger partial charge in [0.05, 0.1) is 5.54 Å². The van der Waals surface area contributed by atoms with Crippen LogP contribution < -0.4 is 15.4 Å². The lowest BCUT2D eigenvalue weighted by Crippen LogP contribution is -2.51. The molecule has 0 bridgehead atoms. The molecule has 2 rings (SSSR count). The predicted molar refractivity (Wildman–Crippen MR) is 75.4 cm³/mol. The number of benzene rings is 1. The normalized spacial score (nSPS) is 21.5. The zero-order chi connectivity index (χ0) is 15.3. The number of nitrogens with one attached hydrogen (secondary N) is 2. The molecule has 1 saturated heterocycles. The number of carbonyl (C=O) groups excluding carboxylic acids is 1. The van der Waals surface area contributed by atoms with E-state index in [9.17, 15) is 13.6 Å². The van der Waals surface area contributed by atoms with Crippen LogP contribution in [-0.4, -0.2) is 31.1 Å². The molecule has 1 fully saturated rings. The van der Waals surface area contributed by atoms with Gasteiger partial charge < -0.3 is 15.4 Å². The van der Waals surface area contributed by atoms with Crippen molar-refractivity contribution in [3.8, 4) is 5.75 Å². The van der Waals surface area contributed by atoms with Gasteiger partial charge in [-0.3, -0.25) is 4.79 Å². The summed E-state index contributed by atoms with van der Waals surface area (Å²) in [5.41, 5.74) is 0.496. The van der Waals surface area contributed by atoms with E-state index in [1.807, 2.05) is 6.92 Å². The summed E-state index contributed by atoms with van der Waals surface area (Å²) in [5.74, 6) is 0.151. The van der Waals surface area contributed by atoms with Crippen LogP contribution in [0.1, 0.15) is 25.3 Å². The van der Waals surface area contributed by atoms with Crippen molar-refractivity contribution in [3.63, 3.8) is 0 Å². The molecule has 21 heavy (non-hydrogen) atoms. The van der Waals surface area contributed by atoms with Gasteiger partial charge in [0, 0.05) is 6.54 Å². The maximum absolute atomic E-state index is 12.1. The van der Waals surface area contributed by atoms with Crippen LogP contribution in [0, 0.1) is 0 Å². The molecule has 1 unspecified atom stereocenters. The van der Waals surface area contributed by atoms with E-state index in [1.54, 1.807) is 12.1 Å². The molecule has 0 radical (unpaired) electrons. The fraction of sp³-hybridized carbons (Fsp3) is 0.533. The Hall–Kier alpha value is -1.69. The zero-order valence-electron chi connectivity index (χ0n) is 12.0. The van der Waals surface area contributed by atoms with E-state index in [-0.39, 0.29) is 11.7 Å². The highest BCUT2D eigenvalue weighted by atomic mass is 19.3. The highest BCUT2D eigenvalue weighted by Gasteiger charge is 2.35. The summed E-state index contributed by atoms with van der Waals surface area (Å²) in [6.07, 6.45) is 2.50. The van der Waals surface area contributed by atoms with Gasteiger partial charge in [-0.05, 0) is 50.4 Å². The molecule has 2 N–H and O–H groups in total. The summed E-state index contributed by atoms with van der Waals surface area (Å²) in [7, 11) is 0. The molecule has 1 atom stereocenters. The molecular formula is C15H20F2N2O2. The topological polar surface area (TPSA) is 50.4 Å². The molecule has 1 aliphatic heterocycles. The minimum Gasteiger partial charge on any atom is -0.435 e. The number of alkyl halides is 2. The van der Waals surface area contributed by atoms with E-state index in [0.29, 0.717) is 13.0 Å². The Morgan fingerprint density at radius 3 is 2.71 bits per heavy atom. The van der Waals surface area contributed by atoms with Crippen LogP contribution in [0.5, 0.6) is 5.75 Å². The first kappa shape index (κ1) is 15.7. The third kappa shape index (κ3) is 4.39. The Labute approximate surface area is 122 Å². The van der Waals surface area contributed by atoms with Crippen molar-refractivity contribution in [1.82, 2.24) is 10.6 Å². The minimum absolute atomic E-state index is 0.0117. The standard InChI is InChI=1S/C15H20F2N2O2/c1-15(8-2-9-19-15)13(20)18-10-7-11-3-5-12(6-4-11)21-14(16)17/h3-6,14,19H,2,7-10H2,1H3,(H,18,20). The number of hydrogen-bond donors (Lipinski definition) is 2. The number of rotatable bonds is 6. The molecule has 1 heterocycles. The van der Waals surface area contributed by atoms with Crippen LogP contribution in [0.4, 0.5) is 8.78 Å². The zero-order valence-corrected chi connectivity index (χ0v) is 12.0. The van der Waals surface area contributed by atoms with E-state index in [0.717, 1.165) is 24.9 Å². The minimum atomic E-state index is -2.81. The summed E-state index contributed by atoms with van der Waals surface area (Å²) in [6, 6.07) is 6.45. The van der Waals surface area contributed by atoms with Gasteiger partial charge in [0.15, 0.2) is 0 Å². The Kier molecular flexibility index (Phi) is 5.12. The Balaban J connectivity index is 1.77. The first-order chi connectivity index (χ1) is 9.99. The third-order valence-corrected chi connectivity index (χ3v) is 3.72. The van der Waals surface area contributed by atoms with Gasteiger partial charge >= 0.3 is 6.61 Å². The number of amides is 1. The quantitative estimate of drug-likeness (QED) is 0.845. The highest BCUT2D eigenvalue weighted by molar-refractivity contribution is 5.86. The molecular weight excluding hydrogens is 278 g/mol. The van der Waals surface area contributed by atoms with Crippen LogP contribution in [0.25, 0.3) is 0 Å². The molecule has 1 aromatic rings. The average Bonchev–Trinajstić information content (AvgIpc) is 2.88. The molecule has 0 spiro atoms. The van der Waals surface area contributed by atoms with E-state index < -0.39 is 12.2 Å². The first-order valence-corrected chi connectivity index (χ1v) is 7.07. The van der Waals surface area contributed by atoms with Gasteiger partial charge in [0.25, 0.3) is 0 Å². The molecule has 6 heteroatoms. The highest BCUT2D eigenvalue weighted by Crippen LogP contribution is 2.18. The lowest BCUT2D eigenvalue weighted by atomic mass is 9.99. The van der Waals surface area contributed by atoms with Crippen molar-refractivity contribution in [3.05, 3.63) is 29.8 Å². The number of halogens is 2. The monoisotopic (exact) mass is 298 g/mol. The van der Waals surface area contributed by atoms with E-state index >= 15 is 0 Å². The molecule has 1 aliphatic rings. The smallest absolute Gasteiger partial charge is 0.387 e. The van der Waals surface area contributed by atoms with Crippen molar-refractivity contribution >= 4 is 5.91 Å². The van der Waals surface area contributed by atoms with Gasteiger partial charge in [0.2, 0.25) is 5.91 Å². The average molecular weight is 298 g/mol. The van der Waals surface area contributed by atoms with E-state index in [4.69, 9.17) is 0 Å². The summed E-state index contributed by atoms with van der Waals surface area (Å²) in [4.78, 5) is 12.1. The fourth-order valence-corrected chi connectivity index (χ4v) is 2.44. The number of hydrogen-bond acceptors (Lipinski definition) is 3. The summed E-state index contributed by atoms with van der Waals surface area (Å²) in [5, 5.41) is 6.12. The number of ether oxygens (including phenoxy) is 1. The van der Waals surface area contributed by atoms with Crippen molar-refractivity contribution in [2.45, 2.75) is 38.3 Å². The predicted octanol–water partition coefficient (Wildman–Crippen LogP) is 2.09. The van der Waals surface area contributed by atoms with Gasteiger partial charge in [-0.25, -0.2) is 0 Å². The summed E-state index contributed by atoms with van der Waals surface area (Å²) in [6.45, 7) is 0.488. The maximum atomic E-state index is 12.1. The van der Waals surface area contributed by atoms with Crippen molar-refractivity contribution in [1.29, 1.82) is 0 Å². The van der Waals surface area contributed by atoms with Gasteiger partial charge in [-0.15, -0.1) is 0 Å². The molecule has 4 nitrogen and oxygen atoms in total. The second-order valence-electron chi connectivity index (χ2n) is 5.39. The first-order valence-electron chi connectivity index (χ1n) is 7.07. The van der Waals surface area contributed by atoms with Gasteiger partial charge in [-0.2, -0.15) is 8.78 Å². The molecule has 0 aromatic heterocycles.